The van der Waals surface area contributed by atoms with Crippen molar-refractivity contribution in [2.45, 2.75) is 19.8 Å². The molecule has 0 bridgehead atoms. The van der Waals surface area contributed by atoms with Crippen molar-refractivity contribution in [3.8, 4) is 0 Å². The zero-order valence-corrected chi connectivity index (χ0v) is 16.1. The maximum atomic E-state index is 12.8. The van der Waals surface area contributed by atoms with Crippen LogP contribution < -0.4 is 10.2 Å². The molecule has 0 spiro atoms. The van der Waals surface area contributed by atoms with Crippen molar-refractivity contribution in [1.29, 1.82) is 0 Å². The predicted octanol–water partition coefficient (Wildman–Crippen LogP) is 4.44. The van der Waals surface area contributed by atoms with Gasteiger partial charge in [-0.2, -0.15) is 0 Å². The standard InChI is InChI=1S/C22H19ClN2O3/c1-13-2-11-18-19(12-13)22(28)25(21(18)27)17-9-3-14(4-10-17)20(26)24-16-7-5-15(23)6-8-16/h2-10,18-19H,11-12H2,1H3,(H,24,26)/t18-,19+/m0/s1. The molecule has 28 heavy (non-hydrogen) atoms. The Labute approximate surface area is 168 Å². The minimum atomic E-state index is -0.276. The monoisotopic (exact) mass is 394 g/mol. The Hall–Kier alpha value is -2.92. The highest BCUT2D eigenvalue weighted by Gasteiger charge is 2.48. The van der Waals surface area contributed by atoms with Gasteiger partial charge in [0, 0.05) is 16.3 Å². The number of nitrogens with one attached hydrogen (secondary N) is 1. The fourth-order valence-corrected chi connectivity index (χ4v) is 3.92. The Morgan fingerprint density at radius 2 is 1.64 bits per heavy atom. The fourth-order valence-electron chi connectivity index (χ4n) is 3.79. The molecule has 5 nitrogen and oxygen atoms in total. The molecule has 0 radical (unpaired) electrons. The highest BCUT2D eigenvalue weighted by Crippen LogP contribution is 2.39. The number of benzene rings is 2. The molecule has 4 rings (SSSR count). The molecular weight excluding hydrogens is 376 g/mol. The molecule has 0 aromatic heterocycles. The van der Waals surface area contributed by atoms with Crippen molar-refractivity contribution in [2.75, 3.05) is 10.2 Å². The molecule has 2 aromatic carbocycles. The molecule has 3 amide bonds. The van der Waals surface area contributed by atoms with Gasteiger partial charge < -0.3 is 5.32 Å². The summed E-state index contributed by atoms with van der Waals surface area (Å²) in [6, 6.07) is 13.3. The average Bonchev–Trinajstić information content (AvgIpc) is 2.93. The van der Waals surface area contributed by atoms with Gasteiger partial charge in [-0.25, -0.2) is 0 Å². The van der Waals surface area contributed by atoms with Gasteiger partial charge in [0.2, 0.25) is 11.8 Å². The summed E-state index contributed by atoms with van der Waals surface area (Å²) in [5.74, 6) is -1.13. The Kier molecular flexibility index (Phi) is 4.77. The van der Waals surface area contributed by atoms with Crippen molar-refractivity contribution in [3.63, 3.8) is 0 Å². The van der Waals surface area contributed by atoms with Gasteiger partial charge in [0.05, 0.1) is 17.5 Å². The number of allylic oxidation sites excluding steroid dienone is 2. The Morgan fingerprint density at radius 3 is 2.32 bits per heavy atom. The van der Waals surface area contributed by atoms with Gasteiger partial charge in [0.25, 0.3) is 5.91 Å². The van der Waals surface area contributed by atoms with E-state index in [9.17, 15) is 14.4 Å². The van der Waals surface area contributed by atoms with Crippen LogP contribution in [0.5, 0.6) is 0 Å². The quantitative estimate of drug-likeness (QED) is 0.618. The number of fused-ring (bicyclic) bond motifs is 1. The van der Waals surface area contributed by atoms with Crippen LogP contribution >= 0.6 is 11.6 Å². The number of amides is 3. The van der Waals surface area contributed by atoms with Crippen LogP contribution in [0.3, 0.4) is 0 Å². The first-order valence-corrected chi connectivity index (χ1v) is 9.52. The van der Waals surface area contributed by atoms with Crippen LogP contribution in [0, 0.1) is 11.8 Å². The van der Waals surface area contributed by atoms with Gasteiger partial charge in [-0.05, 0) is 68.3 Å². The van der Waals surface area contributed by atoms with E-state index in [0.29, 0.717) is 34.8 Å². The molecule has 6 heteroatoms. The summed E-state index contributed by atoms with van der Waals surface area (Å²) in [6.45, 7) is 1.99. The highest BCUT2D eigenvalue weighted by atomic mass is 35.5. The van der Waals surface area contributed by atoms with Crippen LogP contribution in [0.15, 0.2) is 60.2 Å². The number of hydrogen-bond donors (Lipinski definition) is 1. The van der Waals surface area contributed by atoms with Gasteiger partial charge >= 0.3 is 0 Å². The Balaban J connectivity index is 1.50. The Morgan fingerprint density at radius 1 is 1.00 bits per heavy atom. The molecule has 2 aliphatic rings. The summed E-state index contributed by atoms with van der Waals surface area (Å²) in [5, 5.41) is 3.38. The van der Waals surface area contributed by atoms with Crippen LogP contribution in [0.4, 0.5) is 11.4 Å². The Bertz CT molecular complexity index is 980. The zero-order valence-electron chi connectivity index (χ0n) is 15.3. The van der Waals surface area contributed by atoms with E-state index in [4.69, 9.17) is 11.6 Å². The van der Waals surface area contributed by atoms with E-state index in [1.165, 1.54) is 4.90 Å². The van der Waals surface area contributed by atoms with E-state index in [0.717, 1.165) is 5.57 Å². The number of nitrogens with zero attached hydrogens (tertiary/aromatic N) is 1. The number of anilines is 2. The van der Waals surface area contributed by atoms with E-state index in [1.54, 1.807) is 48.5 Å². The van der Waals surface area contributed by atoms with E-state index < -0.39 is 0 Å². The second-order valence-corrected chi connectivity index (χ2v) is 7.66. The predicted molar refractivity (Wildman–Crippen MR) is 108 cm³/mol. The first kappa shape index (κ1) is 18.4. The van der Waals surface area contributed by atoms with Crippen molar-refractivity contribution >= 4 is 40.7 Å². The van der Waals surface area contributed by atoms with Crippen molar-refractivity contribution in [3.05, 3.63) is 70.8 Å². The lowest BCUT2D eigenvalue weighted by Crippen LogP contribution is -2.30. The maximum Gasteiger partial charge on any atom is 0.255 e. The lowest BCUT2D eigenvalue weighted by Gasteiger charge is -2.18. The topological polar surface area (TPSA) is 66.5 Å². The van der Waals surface area contributed by atoms with Crippen LogP contribution in [0.1, 0.15) is 30.1 Å². The third kappa shape index (κ3) is 3.34. The van der Waals surface area contributed by atoms with Gasteiger partial charge in [-0.1, -0.05) is 23.3 Å². The molecule has 0 unspecified atom stereocenters. The fraction of sp³-hybridized carbons (Fsp3) is 0.227. The number of carbonyl (C=O) groups excluding carboxylic acids is 3. The first-order valence-electron chi connectivity index (χ1n) is 9.14. The van der Waals surface area contributed by atoms with Gasteiger partial charge in [0.1, 0.15) is 0 Å². The van der Waals surface area contributed by atoms with Crippen molar-refractivity contribution in [1.82, 2.24) is 0 Å². The highest BCUT2D eigenvalue weighted by molar-refractivity contribution is 6.30. The lowest BCUT2D eigenvalue weighted by molar-refractivity contribution is -0.122. The molecule has 1 N–H and O–H groups in total. The zero-order chi connectivity index (χ0) is 19.8. The van der Waals surface area contributed by atoms with Crippen molar-refractivity contribution in [2.24, 2.45) is 11.8 Å². The number of halogens is 1. The molecule has 1 aliphatic heterocycles. The molecular formula is C22H19ClN2O3. The van der Waals surface area contributed by atoms with Gasteiger partial charge in [0.15, 0.2) is 0 Å². The van der Waals surface area contributed by atoms with Gasteiger partial charge in [-0.3, -0.25) is 19.3 Å². The normalized spacial score (nSPS) is 21.4. The second-order valence-electron chi connectivity index (χ2n) is 7.22. The molecule has 142 valence electrons. The largest absolute Gasteiger partial charge is 0.322 e. The number of rotatable bonds is 3. The SMILES string of the molecule is CC1=CC[C@@H]2C(=O)N(c3ccc(C(=O)Nc4ccc(Cl)cc4)cc3)C(=O)[C@@H]2C1. The van der Waals surface area contributed by atoms with E-state index in [1.807, 2.05) is 13.0 Å². The van der Waals surface area contributed by atoms with Crippen LogP contribution in [-0.2, 0) is 9.59 Å². The van der Waals surface area contributed by atoms with Crippen LogP contribution in [0.25, 0.3) is 0 Å². The summed E-state index contributed by atoms with van der Waals surface area (Å²) < 4.78 is 0. The first-order chi connectivity index (χ1) is 13.4. The van der Waals surface area contributed by atoms with E-state index in [-0.39, 0.29) is 29.6 Å². The summed E-state index contributed by atoms with van der Waals surface area (Å²) in [6.07, 6.45) is 3.28. The molecule has 1 aliphatic carbocycles. The van der Waals surface area contributed by atoms with Crippen LogP contribution in [0.2, 0.25) is 5.02 Å². The summed E-state index contributed by atoms with van der Waals surface area (Å²) in [4.78, 5) is 39.2. The minimum absolute atomic E-state index is 0.152. The molecule has 1 saturated heterocycles. The molecule has 2 aromatic rings. The number of imide groups is 1. The molecule has 1 heterocycles. The average molecular weight is 395 g/mol. The number of carbonyl (C=O) groups is 3. The third-order valence-corrected chi connectivity index (χ3v) is 5.56. The van der Waals surface area contributed by atoms with Crippen LogP contribution in [-0.4, -0.2) is 17.7 Å². The maximum absolute atomic E-state index is 12.8. The second kappa shape index (κ2) is 7.24. The smallest absolute Gasteiger partial charge is 0.255 e. The summed E-state index contributed by atoms with van der Waals surface area (Å²) in [5.41, 5.74) is 2.73. The lowest BCUT2D eigenvalue weighted by atomic mass is 9.82. The molecule has 0 saturated carbocycles. The summed E-state index contributed by atoms with van der Waals surface area (Å²) in [7, 11) is 0. The summed E-state index contributed by atoms with van der Waals surface area (Å²) >= 11 is 5.85. The van der Waals surface area contributed by atoms with Gasteiger partial charge in [-0.15, -0.1) is 0 Å². The van der Waals surface area contributed by atoms with Crippen molar-refractivity contribution < 1.29 is 14.4 Å². The minimum Gasteiger partial charge on any atom is -0.322 e. The number of hydrogen-bond acceptors (Lipinski definition) is 3. The van der Waals surface area contributed by atoms with E-state index in [2.05, 4.69) is 5.32 Å². The van der Waals surface area contributed by atoms with E-state index >= 15 is 0 Å². The molecule has 1 fully saturated rings. The third-order valence-electron chi connectivity index (χ3n) is 5.31. The molecule has 2 atom stereocenters.